The molecule has 1 aliphatic rings. The molecule has 0 fully saturated rings. The molecule has 0 N–H and O–H groups in total. The van der Waals surface area contributed by atoms with Crippen molar-refractivity contribution in [1.82, 2.24) is 9.97 Å². The average molecular weight is 187 g/mol. The summed E-state index contributed by atoms with van der Waals surface area (Å²) in [5.41, 5.74) is 2.55. The van der Waals surface area contributed by atoms with E-state index in [1.165, 1.54) is 0 Å². The zero-order valence-electron chi connectivity index (χ0n) is 8.49. The Morgan fingerprint density at radius 1 is 1.43 bits per heavy atom. The van der Waals surface area contributed by atoms with Crippen LogP contribution < -0.4 is 0 Å². The molecule has 0 bridgehead atoms. The first kappa shape index (κ1) is 9.14. The Kier molecular flexibility index (Phi) is 2.20. The second-order valence-electron chi connectivity index (χ2n) is 4.17. The van der Waals surface area contributed by atoms with Crippen LogP contribution in [0.3, 0.4) is 0 Å². The lowest BCUT2D eigenvalue weighted by atomic mass is 9.94. The highest BCUT2D eigenvalue weighted by Crippen LogP contribution is 2.28. The van der Waals surface area contributed by atoms with Gasteiger partial charge in [0, 0.05) is 0 Å². The van der Waals surface area contributed by atoms with Gasteiger partial charge in [-0.15, -0.1) is 0 Å². The third-order valence-corrected chi connectivity index (χ3v) is 2.90. The van der Waals surface area contributed by atoms with E-state index in [4.69, 9.17) is 5.26 Å². The van der Waals surface area contributed by atoms with Crippen LogP contribution >= 0.6 is 0 Å². The lowest BCUT2D eigenvalue weighted by molar-refractivity contribution is 0.401. The third kappa shape index (κ3) is 1.48. The minimum Gasteiger partial charge on any atom is -0.256 e. The van der Waals surface area contributed by atoms with Gasteiger partial charge in [-0.25, -0.2) is 4.98 Å². The molecule has 1 atom stereocenters. The van der Waals surface area contributed by atoms with E-state index in [0.29, 0.717) is 17.5 Å². The minimum absolute atomic E-state index is 0.438. The number of rotatable bonds is 1. The lowest BCUT2D eigenvalue weighted by Gasteiger charge is -2.11. The number of hydrogen-bond donors (Lipinski definition) is 0. The van der Waals surface area contributed by atoms with Crippen LogP contribution in [0, 0.1) is 23.2 Å². The first-order valence-corrected chi connectivity index (χ1v) is 4.95. The fraction of sp³-hybridized carbons (Fsp3) is 0.545. The Morgan fingerprint density at radius 3 is 2.79 bits per heavy atom. The molecule has 3 nitrogen and oxygen atoms in total. The van der Waals surface area contributed by atoms with Crippen molar-refractivity contribution in [3.05, 3.63) is 23.3 Å². The van der Waals surface area contributed by atoms with Crippen molar-refractivity contribution < 1.29 is 0 Å². The van der Waals surface area contributed by atoms with Crippen molar-refractivity contribution in [3.8, 4) is 6.07 Å². The summed E-state index contributed by atoms with van der Waals surface area (Å²) in [5.74, 6) is 1.32. The summed E-state index contributed by atoms with van der Waals surface area (Å²) in [5, 5.41) is 8.69. The quantitative estimate of drug-likeness (QED) is 0.672. The predicted octanol–water partition coefficient (Wildman–Crippen LogP) is 1.72. The maximum Gasteiger partial charge on any atom is 0.159 e. The number of hydrogen-bond acceptors (Lipinski definition) is 3. The molecule has 1 aromatic heterocycles. The van der Waals surface area contributed by atoms with E-state index < -0.39 is 0 Å². The number of nitrogens with zero attached hydrogens (tertiary/aromatic N) is 3. The van der Waals surface area contributed by atoms with Crippen LogP contribution in [-0.2, 0) is 12.8 Å². The van der Waals surface area contributed by atoms with Crippen LogP contribution in [0.15, 0.2) is 6.20 Å². The van der Waals surface area contributed by atoms with E-state index >= 15 is 0 Å². The van der Waals surface area contributed by atoms with Gasteiger partial charge in [0.15, 0.2) is 5.69 Å². The zero-order chi connectivity index (χ0) is 10.1. The molecule has 14 heavy (non-hydrogen) atoms. The molecule has 0 saturated carbocycles. The maximum absolute atomic E-state index is 8.69. The van der Waals surface area contributed by atoms with E-state index in [2.05, 4.69) is 23.8 Å². The zero-order valence-corrected chi connectivity index (χ0v) is 8.49. The first-order chi connectivity index (χ1) is 6.70. The second kappa shape index (κ2) is 3.38. The fourth-order valence-electron chi connectivity index (χ4n) is 1.88. The summed E-state index contributed by atoms with van der Waals surface area (Å²) in [7, 11) is 0. The molecule has 1 aliphatic carbocycles. The van der Waals surface area contributed by atoms with Crippen molar-refractivity contribution in [3.63, 3.8) is 0 Å². The molecule has 0 saturated heterocycles. The Morgan fingerprint density at radius 2 is 2.14 bits per heavy atom. The summed E-state index contributed by atoms with van der Waals surface area (Å²) in [6.07, 6.45) is 3.57. The third-order valence-electron chi connectivity index (χ3n) is 2.90. The molecule has 0 spiro atoms. The van der Waals surface area contributed by atoms with Crippen molar-refractivity contribution in [1.29, 1.82) is 5.26 Å². The van der Waals surface area contributed by atoms with Gasteiger partial charge in [-0.1, -0.05) is 13.8 Å². The second-order valence-corrected chi connectivity index (χ2v) is 4.17. The summed E-state index contributed by atoms with van der Waals surface area (Å²) in [4.78, 5) is 8.56. The van der Waals surface area contributed by atoms with Gasteiger partial charge in [-0.2, -0.15) is 5.26 Å². The van der Waals surface area contributed by atoms with Crippen molar-refractivity contribution in [2.75, 3.05) is 0 Å². The minimum atomic E-state index is 0.438. The van der Waals surface area contributed by atoms with Crippen molar-refractivity contribution in [2.24, 2.45) is 11.8 Å². The van der Waals surface area contributed by atoms with E-state index in [0.717, 1.165) is 24.2 Å². The van der Waals surface area contributed by atoms with Gasteiger partial charge in [0.25, 0.3) is 0 Å². The molecule has 1 heterocycles. The van der Waals surface area contributed by atoms with Gasteiger partial charge >= 0.3 is 0 Å². The molecular formula is C11H13N3. The number of nitriles is 1. The molecular weight excluding hydrogens is 174 g/mol. The normalized spacial score (nSPS) is 19.4. The van der Waals surface area contributed by atoms with Crippen LogP contribution in [0.25, 0.3) is 0 Å². The molecule has 0 amide bonds. The standard InChI is InChI=1S/C11H13N3/c1-7(2)8-3-10-11(4-8)14-9(5-12)6-13-10/h6-8H,3-4H2,1-2H3. The van der Waals surface area contributed by atoms with Crippen LogP contribution in [0.5, 0.6) is 0 Å². The first-order valence-electron chi connectivity index (χ1n) is 4.95. The maximum atomic E-state index is 8.69. The molecule has 1 unspecified atom stereocenters. The van der Waals surface area contributed by atoms with Gasteiger partial charge in [-0.3, -0.25) is 4.98 Å². The van der Waals surface area contributed by atoms with E-state index in [1.54, 1.807) is 6.20 Å². The van der Waals surface area contributed by atoms with Gasteiger partial charge in [0.1, 0.15) is 6.07 Å². The molecule has 0 radical (unpaired) electrons. The van der Waals surface area contributed by atoms with Gasteiger partial charge in [0.05, 0.1) is 17.6 Å². The Labute approximate surface area is 83.8 Å². The van der Waals surface area contributed by atoms with Crippen LogP contribution in [0.1, 0.15) is 30.9 Å². The number of fused-ring (bicyclic) bond motifs is 1. The Balaban J connectivity index is 2.28. The van der Waals surface area contributed by atoms with E-state index in [-0.39, 0.29) is 0 Å². The summed E-state index contributed by atoms with van der Waals surface area (Å²) in [6.45, 7) is 4.45. The van der Waals surface area contributed by atoms with Gasteiger partial charge < -0.3 is 0 Å². The number of aromatic nitrogens is 2. The highest BCUT2D eigenvalue weighted by molar-refractivity contribution is 5.25. The topological polar surface area (TPSA) is 49.6 Å². The highest BCUT2D eigenvalue weighted by atomic mass is 14.8. The molecule has 2 rings (SSSR count). The Bertz CT molecular complexity index is 390. The van der Waals surface area contributed by atoms with Crippen LogP contribution in [-0.4, -0.2) is 9.97 Å². The highest BCUT2D eigenvalue weighted by Gasteiger charge is 2.26. The molecule has 1 aromatic rings. The average Bonchev–Trinajstić information content (AvgIpc) is 2.59. The fourth-order valence-corrected chi connectivity index (χ4v) is 1.88. The predicted molar refractivity (Wildman–Crippen MR) is 52.5 cm³/mol. The molecule has 0 aromatic carbocycles. The molecule has 0 aliphatic heterocycles. The van der Waals surface area contributed by atoms with Crippen LogP contribution in [0.4, 0.5) is 0 Å². The lowest BCUT2D eigenvalue weighted by Crippen LogP contribution is -2.07. The smallest absolute Gasteiger partial charge is 0.159 e. The summed E-state index contributed by atoms with van der Waals surface area (Å²) < 4.78 is 0. The summed E-state index contributed by atoms with van der Waals surface area (Å²) >= 11 is 0. The van der Waals surface area contributed by atoms with E-state index in [1.807, 2.05) is 6.07 Å². The summed E-state index contributed by atoms with van der Waals surface area (Å²) in [6, 6.07) is 2.03. The molecule has 3 heteroatoms. The largest absolute Gasteiger partial charge is 0.256 e. The van der Waals surface area contributed by atoms with Gasteiger partial charge in [-0.05, 0) is 24.7 Å². The van der Waals surface area contributed by atoms with Gasteiger partial charge in [0.2, 0.25) is 0 Å². The van der Waals surface area contributed by atoms with Crippen molar-refractivity contribution >= 4 is 0 Å². The monoisotopic (exact) mass is 187 g/mol. The molecule has 72 valence electrons. The van der Waals surface area contributed by atoms with Crippen molar-refractivity contribution in [2.45, 2.75) is 26.7 Å². The Hall–Kier alpha value is -1.43. The SMILES string of the molecule is CC(C)C1Cc2ncc(C#N)nc2C1. The van der Waals surface area contributed by atoms with Crippen LogP contribution in [0.2, 0.25) is 0 Å². The van der Waals surface area contributed by atoms with E-state index in [9.17, 15) is 0 Å².